The lowest BCUT2D eigenvalue weighted by molar-refractivity contribution is -0.123. The molecule has 0 bridgehead atoms. The Morgan fingerprint density at radius 3 is 3.00 bits per heavy atom. The van der Waals surface area contributed by atoms with E-state index in [9.17, 15) is 4.79 Å². The van der Waals surface area contributed by atoms with E-state index >= 15 is 0 Å². The molecule has 0 fully saturated rings. The summed E-state index contributed by atoms with van der Waals surface area (Å²) in [5.41, 5.74) is 1.38. The highest BCUT2D eigenvalue weighted by Gasteiger charge is 2.04. The number of hydrogen-bond acceptors (Lipinski definition) is 3. The van der Waals surface area contributed by atoms with Crippen molar-refractivity contribution in [3.63, 3.8) is 0 Å². The van der Waals surface area contributed by atoms with Crippen LogP contribution in [0, 0.1) is 5.92 Å². The molecule has 1 aromatic rings. The van der Waals surface area contributed by atoms with E-state index in [1.807, 2.05) is 25.6 Å². The lowest BCUT2D eigenvalue weighted by atomic mass is 10.2. The van der Waals surface area contributed by atoms with Gasteiger partial charge in [0.05, 0.1) is 0 Å². The number of amides is 1. The van der Waals surface area contributed by atoms with Gasteiger partial charge in [-0.2, -0.15) is 23.1 Å². The van der Waals surface area contributed by atoms with Gasteiger partial charge in [-0.15, -0.1) is 0 Å². The molecule has 0 radical (unpaired) electrons. The maximum Gasteiger partial charge on any atom is 0.222 e. The third kappa shape index (κ3) is 5.23. The Morgan fingerprint density at radius 1 is 1.60 bits per heavy atom. The van der Waals surface area contributed by atoms with E-state index < -0.39 is 0 Å². The van der Waals surface area contributed by atoms with Crippen LogP contribution in [0.4, 0.5) is 0 Å². The van der Waals surface area contributed by atoms with E-state index in [0.717, 1.165) is 18.1 Å². The number of hydrogen-bond donors (Lipinski definition) is 1. The first-order valence-corrected chi connectivity index (χ1v) is 7.16. The number of thioether (sulfide) groups is 1. The Labute approximate surface area is 99.5 Å². The van der Waals surface area contributed by atoms with Crippen LogP contribution in [0.3, 0.4) is 0 Å². The first-order valence-electron chi connectivity index (χ1n) is 5.06. The molecule has 0 saturated carbocycles. The number of thiophene rings is 1. The topological polar surface area (TPSA) is 29.1 Å². The summed E-state index contributed by atoms with van der Waals surface area (Å²) in [6.07, 6.45) is 0. The van der Waals surface area contributed by atoms with Crippen molar-refractivity contribution in [3.8, 4) is 0 Å². The summed E-state index contributed by atoms with van der Waals surface area (Å²) in [5.74, 6) is 2.26. The number of nitrogens with one attached hydrogen (secondary N) is 1. The standard InChI is InChI=1S/C11H17NOS2/c1-9(2)11(13)12-4-6-15-8-10-3-5-14-7-10/h3,5,7,9H,4,6,8H2,1-2H3,(H,12,13). The van der Waals surface area contributed by atoms with Crippen molar-refractivity contribution in [1.29, 1.82) is 0 Å². The van der Waals surface area contributed by atoms with Gasteiger partial charge in [0.25, 0.3) is 0 Å². The smallest absolute Gasteiger partial charge is 0.222 e. The SMILES string of the molecule is CC(C)C(=O)NCCSCc1ccsc1. The van der Waals surface area contributed by atoms with E-state index in [4.69, 9.17) is 0 Å². The number of rotatable bonds is 6. The molecule has 0 aliphatic rings. The highest BCUT2D eigenvalue weighted by Crippen LogP contribution is 2.14. The molecule has 2 nitrogen and oxygen atoms in total. The van der Waals surface area contributed by atoms with Crippen LogP contribution < -0.4 is 5.32 Å². The molecule has 0 aliphatic heterocycles. The third-order valence-corrected chi connectivity index (χ3v) is 3.68. The fourth-order valence-corrected chi connectivity index (χ4v) is 2.60. The van der Waals surface area contributed by atoms with Gasteiger partial charge in [-0.1, -0.05) is 13.8 Å². The van der Waals surface area contributed by atoms with Crippen LogP contribution >= 0.6 is 23.1 Å². The monoisotopic (exact) mass is 243 g/mol. The second kappa shape index (κ2) is 6.90. The molecule has 0 aromatic carbocycles. The summed E-state index contributed by atoms with van der Waals surface area (Å²) in [5, 5.41) is 7.17. The largest absolute Gasteiger partial charge is 0.355 e. The minimum atomic E-state index is 0.0897. The van der Waals surface area contributed by atoms with Crippen molar-refractivity contribution in [2.45, 2.75) is 19.6 Å². The zero-order valence-corrected chi connectivity index (χ0v) is 10.8. The highest BCUT2D eigenvalue weighted by molar-refractivity contribution is 7.98. The van der Waals surface area contributed by atoms with Gasteiger partial charge >= 0.3 is 0 Å². The van der Waals surface area contributed by atoms with Crippen molar-refractivity contribution < 1.29 is 4.79 Å². The molecule has 1 heterocycles. The van der Waals surface area contributed by atoms with E-state index in [-0.39, 0.29) is 11.8 Å². The quantitative estimate of drug-likeness (QED) is 0.778. The summed E-state index contributed by atoms with van der Waals surface area (Å²) < 4.78 is 0. The van der Waals surface area contributed by atoms with Crippen LogP contribution in [0.25, 0.3) is 0 Å². The summed E-state index contributed by atoms with van der Waals surface area (Å²) in [4.78, 5) is 11.2. The minimum Gasteiger partial charge on any atom is -0.355 e. The van der Waals surface area contributed by atoms with Crippen molar-refractivity contribution in [2.75, 3.05) is 12.3 Å². The van der Waals surface area contributed by atoms with Gasteiger partial charge in [-0.3, -0.25) is 4.79 Å². The summed E-state index contributed by atoms with van der Waals surface area (Å²) in [6.45, 7) is 4.59. The molecule has 1 rings (SSSR count). The zero-order chi connectivity index (χ0) is 11.1. The Kier molecular flexibility index (Phi) is 5.79. The van der Waals surface area contributed by atoms with Crippen LogP contribution in [-0.2, 0) is 10.5 Å². The molecule has 15 heavy (non-hydrogen) atoms. The van der Waals surface area contributed by atoms with Gasteiger partial charge in [-0.05, 0) is 22.4 Å². The fourth-order valence-electron chi connectivity index (χ4n) is 1.02. The van der Waals surface area contributed by atoms with Crippen molar-refractivity contribution in [3.05, 3.63) is 22.4 Å². The van der Waals surface area contributed by atoms with Crippen LogP contribution in [0.2, 0.25) is 0 Å². The normalized spacial score (nSPS) is 10.6. The van der Waals surface area contributed by atoms with Crippen molar-refractivity contribution in [1.82, 2.24) is 5.32 Å². The Morgan fingerprint density at radius 2 is 2.40 bits per heavy atom. The van der Waals surface area contributed by atoms with E-state index in [0.29, 0.717) is 0 Å². The van der Waals surface area contributed by atoms with Crippen molar-refractivity contribution in [2.24, 2.45) is 5.92 Å². The third-order valence-electron chi connectivity index (χ3n) is 1.92. The summed E-state index contributed by atoms with van der Waals surface area (Å²) in [7, 11) is 0. The lowest BCUT2D eigenvalue weighted by Crippen LogP contribution is -2.29. The van der Waals surface area contributed by atoms with Crippen molar-refractivity contribution >= 4 is 29.0 Å². The first-order chi connectivity index (χ1) is 7.20. The molecule has 0 saturated heterocycles. The second-order valence-corrected chi connectivity index (χ2v) is 5.52. The van der Waals surface area contributed by atoms with E-state index in [1.165, 1.54) is 5.56 Å². The maximum atomic E-state index is 11.2. The number of carbonyl (C=O) groups is 1. The first kappa shape index (κ1) is 12.6. The molecular weight excluding hydrogens is 226 g/mol. The van der Waals surface area contributed by atoms with Gasteiger partial charge in [-0.25, -0.2) is 0 Å². The van der Waals surface area contributed by atoms with Gasteiger partial charge in [0.1, 0.15) is 0 Å². The molecule has 84 valence electrons. The Hall–Kier alpha value is -0.480. The molecular formula is C11H17NOS2. The van der Waals surface area contributed by atoms with E-state index in [1.54, 1.807) is 11.3 Å². The molecule has 0 atom stereocenters. The fraction of sp³-hybridized carbons (Fsp3) is 0.545. The summed E-state index contributed by atoms with van der Waals surface area (Å²) >= 11 is 3.59. The molecule has 0 unspecified atom stereocenters. The van der Waals surface area contributed by atoms with Crippen LogP contribution in [0.5, 0.6) is 0 Å². The average Bonchev–Trinajstić information content (AvgIpc) is 2.69. The van der Waals surface area contributed by atoms with Crippen LogP contribution in [0.1, 0.15) is 19.4 Å². The average molecular weight is 243 g/mol. The molecule has 1 aromatic heterocycles. The molecule has 4 heteroatoms. The maximum absolute atomic E-state index is 11.2. The Balaban J connectivity index is 2.00. The lowest BCUT2D eigenvalue weighted by Gasteiger charge is -2.06. The van der Waals surface area contributed by atoms with Gasteiger partial charge in [0.15, 0.2) is 0 Å². The van der Waals surface area contributed by atoms with Gasteiger partial charge in [0.2, 0.25) is 5.91 Å². The molecule has 1 N–H and O–H groups in total. The van der Waals surface area contributed by atoms with Crippen LogP contribution in [-0.4, -0.2) is 18.2 Å². The Bertz CT molecular complexity index is 283. The molecule has 0 aliphatic carbocycles. The predicted molar refractivity (Wildman–Crippen MR) is 68.3 cm³/mol. The second-order valence-electron chi connectivity index (χ2n) is 3.63. The van der Waals surface area contributed by atoms with Gasteiger partial charge in [0, 0.05) is 24.0 Å². The van der Waals surface area contributed by atoms with Crippen LogP contribution in [0.15, 0.2) is 16.8 Å². The molecule has 0 spiro atoms. The zero-order valence-electron chi connectivity index (χ0n) is 9.16. The minimum absolute atomic E-state index is 0.0897. The molecule has 1 amide bonds. The summed E-state index contributed by atoms with van der Waals surface area (Å²) in [6, 6.07) is 2.14. The highest BCUT2D eigenvalue weighted by atomic mass is 32.2. The number of carbonyl (C=O) groups excluding carboxylic acids is 1. The van der Waals surface area contributed by atoms with Gasteiger partial charge < -0.3 is 5.32 Å². The van der Waals surface area contributed by atoms with E-state index in [2.05, 4.69) is 22.1 Å². The predicted octanol–water partition coefficient (Wildman–Crippen LogP) is 2.75.